The Bertz CT molecular complexity index is 329. The summed E-state index contributed by atoms with van der Waals surface area (Å²) in [5, 5.41) is 0.649. The van der Waals surface area contributed by atoms with Crippen LogP contribution in [0.2, 0.25) is 0 Å². The second kappa shape index (κ2) is 6.11. The molecule has 0 bridgehead atoms. The summed E-state index contributed by atoms with van der Waals surface area (Å²) in [7, 11) is 0. The third kappa shape index (κ3) is 3.09. The van der Waals surface area contributed by atoms with Gasteiger partial charge in [0.2, 0.25) is 0 Å². The second-order valence-corrected chi connectivity index (χ2v) is 5.78. The Balaban J connectivity index is 2.07. The van der Waals surface area contributed by atoms with Gasteiger partial charge in [0.15, 0.2) is 5.05 Å². The van der Waals surface area contributed by atoms with Crippen LogP contribution in [0.15, 0.2) is 0 Å². The Morgan fingerprint density at radius 2 is 2.28 bits per heavy atom. The molecule has 4 heteroatoms. The first-order valence-corrected chi connectivity index (χ1v) is 7.36. The number of hydrogen-bond acceptors (Lipinski definition) is 4. The Morgan fingerprint density at radius 1 is 1.50 bits per heavy atom. The molecule has 0 radical (unpaired) electrons. The van der Waals surface area contributed by atoms with Gasteiger partial charge in [-0.25, -0.2) is 0 Å². The van der Waals surface area contributed by atoms with E-state index in [2.05, 4.69) is 6.92 Å². The highest BCUT2D eigenvalue weighted by Gasteiger charge is 2.41. The molecule has 18 heavy (non-hydrogen) atoms. The van der Waals surface area contributed by atoms with Crippen LogP contribution in [0.1, 0.15) is 46.0 Å². The number of thiocarbonyl (C=S) groups is 1. The van der Waals surface area contributed by atoms with Gasteiger partial charge in [-0.05, 0) is 51.2 Å². The first-order chi connectivity index (χ1) is 8.61. The van der Waals surface area contributed by atoms with E-state index in [0.29, 0.717) is 42.3 Å². The van der Waals surface area contributed by atoms with Crippen LogP contribution in [0.3, 0.4) is 0 Å². The van der Waals surface area contributed by atoms with Crippen LogP contribution in [-0.4, -0.2) is 29.6 Å². The van der Waals surface area contributed by atoms with Crippen molar-refractivity contribution in [3.8, 4) is 0 Å². The first kappa shape index (κ1) is 13.9. The third-order valence-electron chi connectivity index (χ3n) is 4.02. The molecule has 1 saturated carbocycles. The lowest BCUT2D eigenvalue weighted by Crippen LogP contribution is -2.34. The highest BCUT2D eigenvalue weighted by molar-refractivity contribution is 7.80. The predicted octanol–water partition coefficient (Wildman–Crippen LogP) is 2.90. The molecule has 0 spiro atoms. The van der Waals surface area contributed by atoms with E-state index in [4.69, 9.17) is 21.7 Å². The van der Waals surface area contributed by atoms with Gasteiger partial charge in [0.05, 0.1) is 24.7 Å². The Morgan fingerprint density at radius 3 is 2.78 bits per heavy atom. The lowest BCUT2D eigenvalue weighted by atomic mass is 9.85. The van der Waals surface area contributed by atoms with Gasteiger partial charge in [-0.3, -0.25) is 4.79 Å². The Kier molecular flexibility index (Phi) is 4.73. The maximum Gasteiger partial charge on any atom is 0.165 e. The van der Waals surface area contributed by atoms with Crippen LogP contribution < -0.4 is 0 Å². The SMILES string of the molecule is CCOC(=S)C(C1CCC(=O)C1)C1CCC(C)O1. The molecule has 4 unspecified atom stereocenters. The van der Waals surface area contributed by atoms with Crippen molar-refractivity contribution in [2.24, 2.45) is 11.8 Å². The molecule has 1 saturated heterocycles. The summed E-state index contributed by atoms with van der Waals surface area (Å²) in [6.07, 6.45) is 4.84. The number of rotatable bonds is 4. The fraction of sp³-hybridized carbons (Fsp3) is 0.857. The second-order valence-electron chi connectivity index (χ2n) is 5.38. The molecule has 2 aliphatic rings. The molecule has 1 aliphatic carbocycles. The molecule has 0 N–H and O–H groups in total. The number of ketones is 1. The fourth-order valence-electron chi connectivity index (χ4n) is 3.13. The first-order valence-electron chi connectivity index (χ1n) is 6.95. The largest absolute Gasteiger partial charge is 0.487 e. The average Bonchev–Trinajstić information content (AvgIpc) is 2.90. The van der Waals surface area contributed by atoms with Gasteiger partial charge in [0, 0.05) is 12.8 Å². The van der Waals surface area contributed by atoms with Gasteiger partial charge in [-0.15, -0.1) is 0 Å². The molecule has 4 atom stereocenters. The average molecular weight is 270 g/mol. The topological polar surface area (TPSA) is 35.5 Å². The lowest BCUT2D eigenvalue weighted by molar-refractivity contribution is -0.117. The van der Waals surface area contributed by atoms with Gasteiger partial charge in [0.25, 0.3) is 0 Å². The van der Waals surface area contributed by atoms with Crippen LogP contribution in [0, 0.1) is 11.8 Å². The van der Waals surface area contributed by atoms with Crippen LogP contribution in [0.4, 0.5) is 0 Å². The molecule has 1 aliphatic heterocycles. The molecular weight excluding hydrogens is 248 g/mol. The van der Waals surface area contributed by atoms with E-state index >= 15 is 0 Å². The van der Waals surface area contributed by atoms with Crippen molar-refractivity contribution in [2.75, 3.05) is 6.61 Å². The standard InChI is InChI=1S/C14H22O3S/c1-3-16-14(18)13(10-5-6-11(15)8-10)12-7-4-9(2)17-12/h9-10,12-13H,3-8H2,1-2H3. The van der Waals surface area contributed by atoms with E-state index in [1.807, 2.05) is 6.92 Å². The third-order valence-corrected chi connectivity index (χ3v) is 4.41. The predicted molar refractivity (Wildman–Crippen MR) is 73.6 cm³/mol. The highest BCUT2D eigenvalue weighted by atomic mass is 32.1. The lowest BCUT2D eigenvalue weighted by Gasteiger charge is -2.28. The minimum absolute atomic E-state index is 0.122. The van der Waals surface area contributed by atoms with Crippen molar-refractivity contribution >= 4 is 23.1 Å². The van der Waals surface area contributed by atoms with Crippen molar-refractivity contribution in [3.63, 3.8) is 0 Å². The summed E-state index contributed by atoms with van der Waals surface area (Å²) in [6.45, 7) is 4.64. The van der Waals surface area contributed by atoms with Crippen molar-refractivity contribution in [2.45, 2.75) is 58.2 Å². The van der Waals surface area contributed by atoms with Crippen molar-refractivity contribution in [1.29, 1.82) is 0 Å². The molecule has 0 aromatic rings. The van der Waals surface area contributed by atoms with Crippen molar-refractivity contribution < 1.29 is 14.3 Å². The van der Waals surface area contributed by atoms with Gasteiger partial charge in [-0.1, -0.05) is 0 Å². The van der Waals surface area contributed by atoms with E-state index in [9.17, 15) is 4.79 Å². The smallest absolute Gasteiger partial charge is 0.165 e. The molecule has 0 aromatic carbocycles. The van der Waals surface area contributed by atoms with E-state index in [1.165, 1.54) is 0 Å². The highest BCUT2D eigenvalue weighted by Crippen LogP contribution is 2.38. The molecule has 3 nitrogen and oxygen atoms in total. The zero-order valence-electron chi connectivity index (χ0n) is 11.2. The fourth-order valence-corrected chi connectivity index (χ4v) is 3.60. The molecule has 2 fully saturated rings. The number of Topliss-reactive ketones (excluding diaryl/α,β-unsaturated/α-hetero) is 1. The summed E-state index contributed by atoms with van der Waals surface area (Å²) >= 11 is 5.41. The molecule has 0 amide bonds. The number of hydrogen-bond donors (Lipinski definition) is 0. The van der Waals surface area contributed by atoms with Crippen LogP contribution in [0.5, 0.6) is 0 Å². The summed E-state index contributed by atoms with van der Waals surface area (Å²) < 4.78 is 11.5. The monoisotopic (exact) mass is 270 g/mol. The van der Waals surface area contributed by atoms with Crippen LogP contribution >= 0.6 is 12.2 Å². The van der Waals surface area contributed by atoms with E-state index in [-0.39, 0.29) is 12.0 Å². The number of carbonyl (C=O) groups is 1. The molecule has 1 heterocycles. The van der Waals surface area contributed by atoms with Crippen molar-refractivity contribution in [3.05, 3.63) is 0 Å². The van der Waals surface area contributed by atoms with Gasteiger partial charge >= 0.3 is 0 Å². The normalized spacial score (nSPS) is 33.7. The minimum Gasteiger partial charge on any atom is -0.487 e. The summed E-state index contributed by atoms with van der Waals surface area (Å²) in [5.41, 5.74) is 0. The zero-order valence-corrected chi connectivity index (χ0v) is 12.0. The quantitative estimate of drug-likeness (QED) is 0.736. The van der Waals surface area contributed by atoms with E-state index < -0.39 is 0 Å². The van der Waals surface area contributed by atoms with Crippen LogP contribution in [-0.2, 0) is 14.3 Å². The van der Waals surface area contributed by atoms with E-state index in [0.717, 1.165) is 19.3 Å². The van der Waals surface area contributed by atoms with Crippen molar-refractivity contribution in [1.82, 2.24) is 0 Å². The molecule has 102 valence electrons. The summed E-state index contributed by atoms with van der Waals surface area (Å²) in [6, 6.07) is 0. The van der Waals surface area contributed by atoms with Gasteiger partial charge in [-0.2, -0.15) is 0 Å². The Hall–Kier alpha value is -0.480. The molecule has 0 aromatic heterocycles. The summed E-state index contributed by atoms with van der Waals surface area (Å²) in [5.74, 6) is 0.804. The zero-order chi connectivity index (χ0) is 13.1. The van der Waals surface area contributed by atoms with Gasteiger partial charge < -0.3 is 9.47 Å². The van der Waals surface area contributed by atoms with E-state index in [1.54, 1.807) is 0 Å². The Labute approximate surface area is 114 Å². The maximum absolute atomic E-state index is 11.5. The summed E-state index contributed by atoms with van der Waals surface area (Å²) in [4.78, 5) is 11.5. The molecule has 2 rings (SSSR count). The minimum atomic E-state index is 0.122. The molecular formula is C14H22O3S. The van der Waals surface area contributed by atoms with Gasteiger partial charge in [0.1, 0.15) is 5.78 Å². The maximum atomic E-state index is 11.5. The van der Waals surface area contributed by atoms with Crippen LogP contribution in [0.25, 0.3) is 0 Å². The number of ether oxygens (including phenoxy) is 2. The number of carbonyl (C=O) groups excluding carboxylic acids is 1.